The van der Waals surface area contributed by atoms with Crippen molar-refractivity contribution in [1.82, 2.24) is 0 Å². The van der Waals surface area contributed by atoms with E-state index in [9.17, 15) is 9.59 Å². The van der Waals surface area contributed by atoms with Crippen LogP contribution in [0.3, 0.4) is 0 Å². The molecular weight excluding hydrogens is 348 g/mol. The third-order valence-corrected chi connectivity index (χ3v) is 3.81. The van der Waals surface area contributed by atoms with Crippen molar-refractivity contribution >= 4 is 23.6 Å². The molecule has 1 atom stereocenters. The van der Waals surface area contributed by atoms with Gasteiger partial charge in [-0.3, -0.25) is 9.59 Å². The van der Waals surface area contributed by atoms with E-state index in [0.29, 0.717) is 23.9 Å². The summed E-state index contributed by atoms with van der Waals surface area (Å²) in [5.74, 6) is 0.707. The van der Waals surface area contributed by atoms with E-state index in [1.54, 1.807) is 24.3 Å². The van der Waals surface area contributed by atoms with E-state index in [2.05, 4.69) is 0 Å². The number of ether oxygens (including phenoxy) is 4. The topological polar surface area (TPSA) is 71.1 Å². The molecule has 1 aliphatic heterocycles. The Bertz CT molecular complexity index is 882. The molecule has 6 heteroatoms. The van der Waals surface area contributed by atoms with Gasteiger partial charge in [0.25, 0.3) is 0 Å². The second-order valence-electron chi connectivity index (χ2n) is 5.92. The fraction of sp³-hybridized carbons (Fsp3) is 0.238. The minimum Gasteiger partial charge on any atom is -0.460 e. The summed E-state index contributed by atoms with van der Waals surface area (Å²) in [7, 11) is 0. The van der Waals surface area contributed by atoms with Crippen LogP contribution in [0, 0.1) is 0 Å². The molecule has 0 saturated heterocycles. The number of rotatable bonds is 5. The number of hydrogen-bond donors (Lipinski definition) is 0. The quantitative estimate of drug-likeness (QED) is 0.590. The first-order valence-electron chi connectivity index (χ1n) is 8.57. The number of carbonyl (C=O) groups is 2. The van der Waals surface area contributed by atoms with Crippen molar-refractivity contribution in [3.05, 3.63) is 53.6 Å². The molecule has 1 unspecified atom stereocenters. The van der Waals surface area contributed by atoms with Gasteiger partial charge in [-0.2, -0.15) is 0 Å². The van der Waals surface area contributed by atoms with Crippen LogP contribution in [0.15, 0.2) is 42.5 Å². The van der Waals surface area contributed by atoms with Crippen molar-refractivity contribution < 1.29 is 28.5 Å². The van der Waals surface area contributed by atoms with E-state index in [4.69, 9.17) is 18.9 Å². The van der Waals surface area contributed by atoms with Crippen LogP contribution in [0.25, 0.3) is 11.6 Å². The predicted molar refractivity (Wildman–Crippen MR) is 99.4 cm³/mol. The molecule has 0 aromatic heterocycles. The number of carbonyl (C=O) groups excluding carboxylic acids is 2. The number of fused-ring (bicyclic) bond motifs is 1. The highest BCUT2D eigenvalue weighted by Gasteiger charge is 2.25. The van der Waals surface area contributed by atoms with Gasteiger partial charge < -0.3 is 18.9 Å². The number of esters is 2. The Labute approximate surface area is 157 Å². The molecule has 0 radical (unpaired) electrons. The molecule has 6 nitrogen and oxygen atoms in total. The maximum absolute atomic E-state index is 11.1. The maximum atomic E-state index is 11.1. The van der Waals surface area contributed by atoms with Crippen LogP contribution in [0.5, 0.6) is 17.2 Å². The Kier molecular flexibility index (Phi) is 5.57. The van der Waals surface area contributed by atoms with Crippen molar-refractivity contribution in [3.8, 4) is 17.2 Å². The normalized spacial score (nSPS) is 15.2. The van der Waals surface area contributed by atoms with Crippen molar-refractivity contribution in [2.24, 2.45) is 0 Å². The highest BCUT2D eigenvalue weighted by atomic mass is 16.7. The van der Waals surface area contributed by atoms with Gasteiger partial charge in [0.1, 0.15) is 17.2 Å². The summed E-state index contributed by atoms with van der Waals surface area (Å²) in [5, 5.41) is 0. The molecule has 27 heavy (non-hydrogen) atoms. The van der Waals surface area contributed by atoms with Crippen molar-refractivity contribution in [2.45, 2.75) is 27.1 Å². The monoisotopic (exact) mass is 368 g/mol. The average molecular weight is 368 g/mol. The SMILES string of the molecule is CCOC1Oc2cc(OC(C)=O)ccc2C=C1c1ccc(OC(C)=O)cc1. The molecule has 1 heterocycles. The summed E-state index contributed by atoms with van der Waals surface area (Å²) in [4.78, 5) is 22.2. The summed E-state index contributed by atoms with van der Waals surface area (Å²) >= 11 is 0. The van der Waals surface area contributed by atoms with Crippen molar-refractivity contribution in [2.75, 3.05) is 6.61 Å². The van der Waals surface area contributed by atoms with E-state index in [1.807, 2.05) is 31.2 Å². The van der Waals surface area contributed by atoms with Crippen LogP contribution in [-0.4, -0.2) is 24.8 Å². The molecular formula is C21H20O6. The van der Waals surface area contributed by atoms with Gasteiger partial charge in [0.05, 0.1) is 0 Å². The van der Waals surface area contributed by atoms with Crippen molar-refractivity contribution in [1.29, 1.82) is 0 Å². The standard InChI is InChI=1S/C21H20O6/c1-4-24-21-19(15-5-8-17(9-6-15)25-13(2)22)11-16-7-10-18(26-14(3)23)12-20(16)27-21/h5-12,21H,4H2,1-3H3. The summed E-state index contributed by atoms with van der Waals surface area (Å²) in [5.41, 5.74) is 2.58. The Balaban J connectivity index is 1.93. The summed E-state index contributed by atoms with van der Waals surface area (Å²) in [6, 6.07) is 12.3. The molecule has 0 saturated carbocycles. The Morgan fingerprint density at radius 3 is 2.22 bits per heavy atom. The second-order valence-corrected chi connectivity index (χ2v) is 5.92. The molecule has 0 N–H and O–H groups in total. The number of hydrogen-bond acceptors (Lipinski definition) is 6. The first-order chi connectivity index (χ1) is 13.0. The lowest BCUT2D eigenvalue weighted by Gasteiger charge is -2.27. The Morgan fingerprint density at radius 1 is 0.963 bits per heavy atom. The molecule has 0 bridgehead atoms. The van der Waals surface area contributed by atoms with Gasteiger partial charge in [-0.05, 0) is 42.8 Å². The molecule has 0 fully saturated rings. The van der Waals surface area contributed by atoms with E-state index in [1.165, 1.54) is 13.8 Å². The highest BCUT2D eigenvalue weighted by Crippen LogP contribution is 2.37. The average Bonchev–Trinajstić information content (AvgIpc) is 2.61. The second kappa shape index (κ2) is 8.05. The van der Waals surface area contributed by atoms with E-state index in [0.717, 1.165) is 16.7 Å². The van der Waals surface area contributed by atoms with E-state index in [-0.39, 0.29) is 5.97 Å². The van der Waals surface area contributed by atoms with Gasteiger partial charge in [0.2, 0.25) is 6.29 Å². The smallest absolute Gasteiger partial charge is 0.308 e. The molecule has 1 aliphatic rings. The van der Waals surface area contributed by atoms with Gasteiger partial charge in [0, 0.05) is 37.7 Å². The zero-order valence-electron chi connectivity index (χ0n) is 15.4. The van der Waals surface area contributed by atoms with Gasteiger partial charge in [-0.25, -0.2) is 0 Å². The van der Waals surface area contributed by atoms with Crippen molar-refractivity contribution in [3.63, 3.8) is 0 Å². The number of benzene rings is 2. The maximum Gasteiger partial charge on any atom is 0.308 e. The Hall–Kier alpha value is -3.12. The summed E-state index contributed by atoms with van der Waals surface area (Å²) in [6.07, 6.45) is 1.37. The predicted octanol–water partition coefficient (Wildman–Crippen LogP) is 3.83. The van der Waals surface area contributed by atoms with Gasteiger partial charge in [-0.15, -0.1) is 0 Å². The lowest BCUT2D eigenvalue weighted by atomic mass is 9.99. The minimum atomic E-state index is -0.602. The van der Waals surface area contributed by atoms with Gasteiger partial charge >= 0.3 is 11.9 Å². The fourth-order valence-electron chi connectivity index (χ4n) is 2.76. The first kappa shape index (κ1) is 18.7. The van der Waals surface area contributed by atoms with Crippen LogP contribution in [0.4, 0.5) is 0 Å². The fourth-order valence-corrected chi connectivity index (χ4v) is 2.76. The molecule has 2 aromatic carbocycles. The Morgan fingerprint density at radius 2 is 1.59 bits per heavy atom. The third kappa shape index (κ3) is 4.54. The molecule has 0 spiro atoms. The zero-order valence-corrected chi connectivity index (χ0v) is 15.4. The third-order valence-electron chi connectivity index (χ3n) is 3.81. The van der Waals surface area contributed by atoms with Crippen LogP contribution in [0.2, 0.25) is 0 Å². The first-order valence-corrected chi connectivity index (χ1v) is 8.57. The lowest BCUT2D eigenvalue weighted by molar-refractivity contribution is -0.132. The van der Waals surface area contributed by atoms with Crippen LogP contribution in [-0.2, 0) is 14.3 Å². The van der Waals surface area contributed by atoms with E-state index < -0.39 is 12.3 Å². The highest BCUT2D eigenvalue weighted by molar-refractivity contribution is 5.87. The van der Waals surface area contributed by atoms with Crippen LogP contribution in [0.1, 0.15) is 31.9 Å². The largest absolute Gasteiger partial charge is 0.460 e. The van der Waals surface area contributed by atoms with Gasteiger partial charge in [0.15, 0.2) is 0 Å². The van der Waals surface area contributed by atoms with E-state index >= 15 is 0 Å². The van der Waals surface area contributed by atoms with Crippen LogP contribution < -0.4 is 14.2 Å². The molecule has 140 valence electrons. The zero-order chi connectivity index (χ0) is 19.4. The van der Waals surface area contributed by atoms with Crippen LogP contribution >= 0.6 is 0 Å². The lowest BCUT2D eigenvalue weighted by Crippen LogP contribution is -2.25. The molecule has 3 rings (SSSR count). The summed E-state index contributed by atoms with van der Waals surface area (Å²) in [6.45, 7) is 5.06. The summed E-state index contributed by atoms with van der Waals surface area (Å²) < 4.78 is 21.9. The molecule has 2 aromatic rings. The molecule has 0 amide bonds. The van der Waals surface area contributed by atoms with Gasteiger partial charge in [-0.1, -0.05) is 12.1 Å². The molecule has 0 aliphatic carbocycles. The minimum absolute atomic E-state index is 0.368.